The summed E-state index contributed by atoms with van der Waals surface area (Å²) >= 11 is 5.49. The Balaban J connectivity index is 2.93. The zero-order valence-corrected chi connectivity index (χ0v) is 9.38. The van der Waals surface area contributed by atoms with Crippen LogP contribution in [0, 0.1) is 0 Å². The van der Waals surface area contributed by atoms with Crippen molar-refractivity contribution in [3.05, 3.63) is 35.4 Å². The molecule has 1 aromatic rings. The van der Waals surface area contributed by atoms with Crippen molar-refractivity contribution in [3.8, 4) is 0 Å². The monoisotopic (exact) mass is 243 g/mol. The first-order chi connectivity index (χ1) is 7.70. The van der Waals surface area contributed by atoms with Gasteiger partial charge in [-0.05, 0) is 12.0 Å². The molecule has 1 rings (SSSR count). The zero-order chi connectivity index (χ0) is 12.0. The van der Waals surface area contributed by atoms with Crippen LogP contribution in [0.15, 0.2) is 29.4 Å². The summed E-state index contributed by atoms with van der Waals surface area (Å²) in [5.74, 6) is 0.272. The van der Waals surface area contributed by atoms with Crippen molar-refractivity contribution >= 4 is 17.8 Å². The predicted octanol–water partition coefficient (Wildman–Crippen LogP) is 1.52. The second kappa shape index (κ2) is 6.48. The summed E-state index contributed by atoms with van der Waals surface area (Å²) in [5, 5.41) is 30.9. The van der Waals surface area contributed by atoms with Gasteiger partial charge in [0.05, 0.1) is 12.3 Å². The number of hydrogen-bond donors (Lipinski definition) is 3. The largest absolute Gasteiger partial charge is 0.411 e. The standard InChI is InChI=1S/C11H14ClNO3/c12-6-5-10(14)11(15)9-4-2-1-3-8(9)7-13-16/h1-4,7,10-11,14-16H,5-6H2. The van der Waals surface area contributed by atoms with Crippen LogP contribution in [-0.4, -0.2) is 33.6 Å². The van der Waals surface area contributed by atoms with E-state index in [0.717, 1.165) is 0 Å². The van der Waals surface area contributed by atoms with Crippen molar-refractivity contribution in [2.24, 2.45) is 5.16 Å². The fourth-order valence-corrected chi connectivity index (χ4v) is 1.66. The summed E-state index contributed by atoms with van der Waals surface area (Å²) in [7, 11) is 0. The van der Waals surface area contributed by atoms with Crippen LogP contribution >= 0.6 is 11.6 Å². The number of aliphatic hydroxyl groups excluding tert-OH is 2. The van der Waals surface area contributed by atoms with Gasteiger partial charge in [-0.1, -0.05) is 29.4 Å². The fourth-order valence-electron chi connectivity index (χ4n) is 1.44. The van der Waals surface area contributed by atoms with Gasteiger partial charge in [-0.3, -0.25) is 0 Å². The van der Waals surface area contributed by atoms with E-state index in [1.807, 2.05) is 0 Å². The van der Waals surface area contributed by atoms with Gasteiger partial charge < -0.3 is 15.4 Å². The van der Waals surface area contributed by atoms with Crippen molar-refractivity contribution in [2.45, 2.75) is 18.6 Å². The Bertz CT molecular complexity index is 357. The fraction of sp³-hybridized carbons (Fsp3) is 0.364. The number of alkyl halides is 1. The first-order valence-corrected chi connectivity index (χ1v) is 5.42. The van der Waals surface area contributed by atoms with Gasteiger partial charge in [0.2, 0.25) is 0 Å². The quantitative estimate of drug-likeness (QED) is 0.318. The molecule has 0 aliphatic carbocycles. The van der Waals surface area contributed by atoms with Crippen molar-refractivity contribution in [1.29, 1.82) is 0 Å². The second-order valence-corrected chi connectivity index (χ2v) is 3.74. The molecule has 4 nitrogen and oxygen atoms in total. The maximum absolute atomic E-state index is 9.88. The average molecular weight is 244 g/mol. The Hall–Kier alpha value is -1.10. The van der Waals surface area contributed by atoms with Crippen LogP contribution in [0.4, 0.5) is 0 Å². The van der Waals surface area contributed by atoms with E-state index in [0.29, 0.717) is 17.5 Å². The molecule has 2 atom stereocenters. The van der Waals surface area contributed by atoms with Crippen molar-refractivity contribution in [1.82, 2.24) is 0 Å². The summed E-state index contributed by atoms with van der Waals surface area (Å²) in [6.45, 7) is 0. The minimum absolute atomic E-state index is 0.272. The van der Waals surface area contributed by atoms with Crippen LogP contribution in [0.1, 0.15) is 23.7 Å². The number of hydrogen-bond acceptors (Lipinski definition) is 4. The Morgan fingerprint density at radius 2 is 2.00 bits per heavy atom. The zero-order valence-electron chi connectivity index (χ0n) is 8.62. The molecule has 2 unspecified atom stereocenters. The third kappa shape index (κ3) is 3.20. The molecule has 0 bridgehead atoms. The maximum Gasteiger partial charge on any atom is 0.106 e. The number of nitrogens with zero attached hydrogens (tertiary/aromatic N) is 1. The van der Waals surface area contributed by atoms with Gasteiger partial charge in [-0.15, -0.1) is 11.6 Å². The van der Waals surface area contributed by atoms with Crippen molar-refractivity contribution in [3.63, 3.8) is 0 Å². The van der Waals surface area contributed by atoms with Crippen LogP contribution in [0.5, 0.6) is 0 Å². The van der Waals surface area contributed by atoms with Crippen LogP contribution < -0.4 is 0 Å². The first kappa shape index (κ1) is 13.0. The molecular formula is C11H14ClNO3. The summed E-state index contributed by atoms with van der Waals surface area (Å²) in [6.07, 6.45) is -0.446. The van der Waals surface area contributed by atoms with Gasteiger partial charge in [-0.2, -0.15) is 0 Å². The Morgan fingerprint density at radius 3 is 2.62 bits per heavy atom. The van der Waals surface area contributed by atoms with Gasteiger partial charge in [0.15, 0.2) is 0 Å². The summed E-state index contributed by atoms with van der Waals surface area (Å²) in [6, 6.07) is 6.84. The van der Waals surface area contributed by atoms with E-state index in [-0.39, 0.29) is 5.88 Å². The van der Waals surface area contributed by atoms with Crippen LogP contribution in [0.25, 0.3) is 0 Å². The molecule has 5 heteroatoms. The smallest absolute Gasteiger partial charge is 0.106 e. The van der Waals surface area contributed by atoms with Gasteiger partial charge in [0.25, 0.3) is 0 Å². The molecule has 0 aliphatic heterocycles. The topological polar surface area (TPSA) is 73.1 Å². The first-order valence-electron chi connectivity index (χ1n) is 4.89. The molecule has 1 aromatic carbocycles. The molecule has 0 saturated carbocycles. The van der Waals surface area contributed by atoms with Crippen LogP contribution in [0.2, 0.25) is 0 Å². The Kier molecular flexibility index (Phi) is 5.25. The normalized spacial score (nSPS) is 15.2. The molecule has 0 amide bonds. The lowest BCUT2D eigenvalue weighted by Gasteiger charge is -2.18. The molecule has 0 heterocycles. The second-order valence-electron chi connectivity index (χ2n) is 3.36. The van der Waals surface area contributed by atoms with Gasteiger partial charge >= 0.3 is 0 Å². The van der Waals surface area contributed by atoms with E-state index in [4.69, 9.17) is 16.8 Å². The molecular weight excluding hydrogens is 230 g/mol. The van der Waals surface area contributed by atoms with E-state index in [1.165, 1.54) is 6.21 Å². The Labute approximate surface area is 98.8 Å². The number of aliphatic hydroxyl groups is 2. The SMILES string of the molecule is ON=Cc1ccccc1C(O)C(O)CCCl. The molecule has 0 aromatic heterocycles. The molecule has 16 heavy (non-hydrogen) atoms. The van der Waals surface area contributed by atoms with E-state index in [1.54, 1.807) is 24.3 Å². The summed E-state index contributed by atoms with van der Waals surface area (Å²) in [4.78, 5) is 0. The molecule has 0 aliphatic rings. The van der Waals surface area contributed by atoms with Gasteiger partial charge in [-0.25, -0.2) is 0 Å². The third-order valence-corrected chi connectivity index (χ3v) is 2.50. The van der Waals surface area contributed by atoms with E-state index in [9.17, 15) is 10.2 Å². The number of rotatable bonds is 5. The number of halogens is 1. The maximum atomic E-state index is 9.88. The lowest BCUT2D eigenvalue weighted by molar-refractivity contribution is 0.0169. The number of benzene rings is 1. The molecule has 0 radical (unpaired) electrons. The van der Waals surface area contributed by atoms with Gasteiger partial charge in [0, 0.05) is 11.4 Å². The van der Waals surface area contributed by atoms with Gasteiger partial charge in [0.1, 0.15) is 6.10 Å². The lowest BCUT2D eigenvalue weighted by atomic mass is 9.98. The highest BCUT2D eigenvalue weighted by atomic mass is 35.5. The highest BCUT2D eigenvalue weighted by molar-refractivity contribution is 6.17. The molecule has 0 fully saturated rings. The highest BCUT2D eigenvalue weighted by Crippen LogP contribution is 2.22. The summed E-state index contributed by atoms with van der Waals surface area (Å²) < 4.78 is 0. The molecule has 88 valence electrons. The van der Waals surface area contributed by atoms with Crippen molar-refractivity contribution < 1.29 is 15.4 Å². The summed E-state index contributed by atoms with van der Waals surface area (Å²) in [5.41, 5.74) is 1.07. The Morgan fingerprint density at radius 1 is 1.31 bits per heavy atom. The predicted molar refractivity (Wildman–Crippen MR) is 62.1 cm³/mol. The van der Waals surface area contributed by atoms with E-state index < -0.39 is 12.2 Å². The lowest BCUT2D eigenvalue weighted by Crippen LogP contribution is -2.19. The minimum atomic E-state index is -1.03. The third-order valence-electron chi connectivity index (χ3n) is 2.28. The number of oxime groups is 1. The van der Waals surface area contributed by atoms with Crippen molar-refractivity contribution in [2.75, 3.05) is 5.88 Å². The van der Waals surface area contributed by atoms with Crippen LogP contribution in [-0.2, 0) is 0 Å². The van der Waals surface area contributed by atoms with E-state index in [2.05, 4.69) is 5.16 Å². The minimum Gasteiger partial charge on any atom is -0.411 e. The average Bonchev–Trinajstić information content (AvgIpc) is 2.29. The highest BCUT2D eigenvalue weighted by Gasteiger charge is 2.19. The van der Waals surface area contributed by atoms with E-state index >= 15 is 0 Å². The molecule has 0 spiro atoms. The molecule has 0 saturated heterocycles. The molecule has 3 N–H and O–H groups in total. The van der Waals surface area contributed by atoms with Crippen LogP contribution in [0.3, 0.4) is 0 Å².